The number of amidine groups is 1. The molecule has 5 N–H and O–H groups in total. The Morgan fingerprint density at radius 3 is 2.22 bits per heavy atom. The van der Waals surface area contributed by atoms with Crippen LogP contribution in [0.25, 0.3) is 0 Å². The van der Waals surface area contributed by atoms with Crippen molar-refractivity contribution >= 4 is 17.6 Å². The van der Waals surface area contributed by atoms with Crippen molar-refractivity contribution in [3.63, 3.8) is 0 Å². The maximum atomic E-state index is 13.7. The van der Waals surface area contributed by atoms with Gasteiger partial charge in [-0.05, 0) is 48.9 Å². The number of nitrogen functional groups attached to an aromatic ring is 1. The lowest BCUT2D eigenvalue weighted by Gasteiger charge is -2.29. The molecule has 192 valence electrons. The topological polar surface area (TPSA) is 111 Å². The van der Waals surface area contributed by atoms with Crippen LogP contribution in [0.1, 0.15) is 35.1 Å². The molecule has 4 rings (SSSR count). The molecule has 0 aromatic heterocycles. The minimum Gasteiger partial charge on any atom is -0.384 e. The van der Waals surface area contributed by atoms with Crippen molar-refractivity contribution < 1.29 is 9.59 Å². The van der Waals surface area contributed by atoms with Gasteiger partial charge in [0.2, 0.25) is 11.8 Å². The number of amides is 2. The highest BCUT2D eigenvalue weighted by molar-refractivity contribution is 5.95. The molecule has 1 saturated heterocycles. The molecule has 0 unspecified atom stereocenters. The van der Waals surface area contributed by atoms with Crippen LogP contribution in [-0.4, -0.2) is 47.7 Å². The molecule has 1 aliphatic rings. The normalized spacial score (nSPS) is 15.8. The maximum absolute atomic E-state index is 13.7. The summed E-state index contributed by atoms with van der Waals surface area (Å²) in [5.41, 5.74) is 9.38. The Morgan fingerprint density at radius 2 is 1.57 bits per heavy atom. The van der Waals surface area contributed by atoms with Gasteiger partial charge in [-0.2, -0.15) is 0 Å². The number of benzene rings is 3. The van der Waals surface area contributed by atoms with Gasteiger partial charge in [-0.3, -0.25) is 15.0 Å². The molecule has 0 saturated carbocycles. The lowest BCUT2D eigenvalue weighted by atomic mass is 10.0. The van der Waals surface area contributed by atoms with Crippen molar-refractivity contribution in [3.05, 3.63) is 107 Å². The summed E-state index contributed by atoms with van der Waals surface area (Å²) in [6.07, 6.45) is 2.86. The first-order valence-corrected chi connectivity index (χ1v) is 12.8. The van der Waals surface area contributed by atoms with E-state index in [4.69, 9.17) is 11.1 Å². The first-order chi connectivity index (χ1) is 18.0. The van der Waals surface area contributed by atoms with Crippen LogP contribution in [0.15, 0.2) is 84.9 Å². The highest BCUT2D eigenvalue weighted by atomic mass is 16.2. The lowest BCUT2D eigenvalue weighted by Crippen LogP contribution is -2.53. The van der Waals surface area contributed by atoms with E-state index in [2.05, 4.69) is 22.8 Å². The van der Waals surface area contributed by atoms with Gasteiger partial charge in [0.1, 0.15) is 11.9 Å². The van der Waals surface area contributed by atoms with Gasteiger partial charge in [-0.25, -0.2) is 0 Å². The van der Waals surface area contributed by atoms with Crippen LogP contribution in [0.5, 0.6) is 0 Å². The van der Waals surface area contributed by atoms with Gasteiger partial charge < -0.3 is 21.3 Å². The Morgan fingerprint density at radius 1 is 0.919 bits per heavy atom. The monoisotopic (exact) mass is 497 g/mol. The van der Waals surface area contributed by atoms with Crippen LogP contribution in [0.3, 0.4) is 0 Å². The summed E-state index contributed by atoms with van der Waals surface area (Å²) >= 11 is 0. The van der Waals surface area contributed by atoms with E-state index in [0.29, 0.717) is 38.0 Å². The van der Waals surface area contributed by atoms with Gasteiger partial charge in [-0.15, -0.1) is 0 Å². The second kappa shape index (κ2) is 12.8. The van der Waals surface area contributed by atoms with Gasteiger partial charge in [-0.1, -0.05) is 84.9 Å². The molecule has 1 fully saturated rings. The Bertz CT molecular complexity index is 1180. The van der Waals surface area contributed by atoms with E-state index < -0.39 is 12.1 Å². The van der Waals surface area contributed by atoms with Crippen molar-refractivity contribution in [2.75, 3.05) is 13.1 Å². The zero-order chi connectivity index (χ0) is 26.0. The summed E-state index contributed by atoms with van der Waals surface area (Å²) in [6.45, 7) is 1.61. The van der Waals surface area contributed by atoms with Crippen LogP contribution >= 0.6 is 0 Å². The van der Waals surface area contributed by atoms with Crippen LogP contribution in [0.4, 0.5) is 0 Å². The van der Waals surface area contributed by atoms with Gasteiger partial charge >= 0.3 is 0 Å². The largest absolute Gasteiger partial charge is 0.384 e. The first-order valence-electron chi connectivity index (χ1n) is 12.8. The zero-order valence-electron chi connectivity index (χ0n) is 21.0. The summed E-state index contributed by atoms with van der Waals surface area (Å²) in [7, 11) is 0. The smallest absolute Gasteiger partial charge is 0.243 e. The standard InChI is InChI=1S/C30H35N5O2/c31-28(32)25-15-13-24(14-16-25)21-34-29(36)27-12-7-19-35(27)30(37)26(20-23-10-5-2-6-11-23)33-18-17-22-8-3-1-4-9-22/h1-6,8-11,13-16,26-27,33H,7,12,17-21H2,(H3,31,32)(H,34,36)/t26-,27-/m0/s1. The highest BCUT2D eigenvalue weighted by Gasteiger charge is 2.36. The summed E-state index contributed by atoms with van der Waals surface area (Å²) in [5, 5.41) is 14.0. The quantitative estimate of drug-likeness (QED) is 0.241. The van der Waals surface area contributed by atoms with Gasteiger partial charge in [0.05, 0.1) is 6.04 Å². The Hall–Kier alpha value is -3.97. The van der Waals surface area contributed by atoms with E-state index in [-0.39, 0.29) is 17.6 Å². The average molecular weight is 498 g/mol. The summed E-state index contributed by atoms with van der Waals surface area (Å²) in [4.78, 5) is 28.6. The van der Waals surface area contributed by atoms with Crippen molar-refractivity contribution in [1.82, 2.24) is 15.5 Å². The predicted octanol–water partition coefficient (Wildman–Crippen LogP) is 3.02. The molecule has 0 aliphatic carbocycles. The van der Waals surface area contributed by atoms with E-state index in [9.17, 15) is 9.59 Å². The van der Waals surface area contributed by atoms with Crippen LogP contribution in [0.2, 0.25) is 0 Å². The third-order valence-electron chi connectivity index (χ3n) is 6.80. The van der Waals surface area contributed by atoms with E-state index in [1.54, 1.807) is 17.0 Å². The van der Waals surface area contributed by atoms with E-state index in [1.165, 1.54) is 5.56 Å². The summed E-state index contributed by atoms with van der Waals surface area (Å²) < 4.78 is 0. The molecule has 0 bridgehead atoms. The number of likely N-dealkylation sites (tertiary alicyclic amines) is 1. The first kappa shape index (κ1) is 26.1. The molecule has 3 aromatic rings. The molecule has 7 nitrogen and oxygen atoms in total. The van der Waals surface area contributed by atoms with E-state index in [0.717, 1.165) is 24.0 Å². The van der Waals surface area contributed by atoms with Crippen molar-refractivity contribution in [1.29, 1.82) is 5.41 Å². The number of carbonyl (C=O) groups is 2. The van der Waals surface area contributed by atoms with E-state index in [1.807, 2.05) is 60.7 Å². The number of hydrogen-bond acceptors (Lipinski definition) is 4. The molecule has 3 aromatic carbocycles. The molecular weight excluding hydrogens is 462 g/mol. The summed E-state index contributed by atoms with van der Waals surface area (Å²) in [5.74, 6) is -0.150. The second-order valence-corrected chi connectivity index (χ2v) is 9.45. The number of carbonyl (C=O) groups excluding carboxylic acids is 2. The molecule has 0 radical (unpaired) electrons. The minimum absolute atomic E-state index is 0.0122. The molecule has 7 heteroatoms. The fourth-order valence-electron chi connectivity index (χ4n) is 4.74. The van der Waals surface area contributed by atoms with Crippen molar-refractivity contribution in [2.24, 2.45) is 5.73 Å². The van der Waals surface area contributed by atoms with E-state index >= 15 is 0 Å². The number of nitrogens with zero attached hydrogens (tertiary/aromatic N) is 1. The fraction of sp³-hybridized carbons (Fsp3) is 0.300. The van der Waals surface area contributed by atoms with Crippen LogP contribution < -0.4 is 16.4 Å². The highest BCUT2D eigenvalue weighted by Crippen LogP contribution is 2.20. The molecule has 0 spiro atoms. The number of nitrogens with two attached hydrogens (primary N) is 1. The molecule has 2 amide bonds. The number of hydrogen-bond donors (Lipinski definition) is 4. The molecule has 1 aliphatic heterocycles. The lowest BCUT2D eigenvalue weighted by molar-refractivity contribution is -0.140. The third-order valence-corrected chi connectivity index (χ3v) is 6.80. The average Bonchev–Trinajstić information content (AvgIpc) is 3.42. The van der Waals surface area contributed by atoms with Crippen LogP contribution in [-0.2, 0) is 29.0 Å². The molecule has 2 atom stereocenters. The Labute approximate surface area is 218 Å². The van der Waals surface area contributed by atoms with Crippen molar-refractivity contribution in [3.8, 4) is 0 Å². The maximum Gasteiger partial charge on any atom is 0.243 e. The number of nitrogens with one attached hydrogen (secondary N) is 3. The van der Waals surface area contributed by atoms with Gasteiger partial charge in [0.25, 0.3) is 0 Å². The predicted molar refractivity (Wildman–Crippen MR) is 146 cm³/mol. The van der Waals surface area contributed by atoms with Gasteiger partial charge in [0, 0.05) is 18.7 Å². The zero-order valence-corrected chi connectivity index (χ0v) is 21.0. The fourth-order valence-corrected chi connectivity index (χ4v) is 4.74. The molecular formula is C30H35N5O2. The SMILES string of the molecule is N=C(N)c1ccc(CNC(=O)[C@@H]2CCCN2C(=O)[C@H](Cc2ccccc2)NCCc2ccccc2)cc1. The van der Waals surface area contributed by atoms with Gasteiger partial charge in [0.15, 0.2) is 0 Å². The Balaban J connectivity index is 1.39. The molecule has 1 heterocycles. The second-order valence-electron chi connectivity index (χ2n) is 9.45. The minimum atomic E-state index is -0.474. The Kier molecular flexibility index (Phi) is 9.05. The number of rotatable bonds is 11. The third kappa shape index (κ3) is 7.27. The molecule has 37 heavy (non-hydrogen) atoms. The van der Waals surface area contributed by atoms with Crippen molar-refractivity contribution in [2.45, 2.75) is 44.3 Å². The summed E-state index contributed by atoms with van der Waals surface area (Å²) in [6, 6.07) is 26.6. The van der Waals surface area contributed by atoms with Crippen LogP contribution in [0, 0.1) is 5.41 Å².